The molecule has 0 radical (unpaired) electrons. The van der Waals surface area contributed by atoms with Crippen LogP contribution in [0.15, 0.2) is 18.2 Å². The first-order valence-electron chi connectivity index (χ1n) is 7.89. The van der Waals surface area contributed by atoms with Gasteiger partial charge < -0.3 is 5.32 Å². The minimum absolute atomic E-state index is 0.250. The van der Waals surface area contributed by atoms with E-state index in [1.54, 1.807) is 0 Å². The molecule has 1 fully saturated rings. The van der Waals surface area contributed by atoms with E-state index in [4.69, 9.17) is 0 Å². The second kappa shape index (κ2) is 6.47. The average Bonchev–Trinajstić information content (AvgIpc) is 2.37. The van der Waals surface area contributed by atoms with E-state index in [9.17, 15) is 9.65 Å². The molecule has 1 saturated carbocycles. The minimum atomic E-state index is -0.544. The molecule has 0 spiro atoms. The van der Waals surface area contributed by atoms with E-state index in [1.165, 1.54) is 18.6 Å². The van der Waals surface area contributed by atoms with Gasteiger partial charge in [0.05, 0.1) is 6.07 Å². The SMILES string of the molecule is Cc1cc(F)cc(NC2(C#N)CCCC(CC(C)C)C2)c1. The van der Waals surface area contributed by atoms with E-state index in [-0.39, 0.29) is 5.82 Å². The highest BCUT2D eigenvalue weighted by molar-refractivity contribution is 5.50. The lowest BCUT2D eigenvalue weighted by Gasteiger charge is -2.37. The molecule has 0 heterocycles. The first-order valence-corrected chi connectivity index (χ1v) is 7.89. The highest BCUT2D eigenvalue weighted by Gasteiger charge is 2.36. The third-order valence-electron chi connectivity index (χ3n) is 4.30. The van der Waals surface area contributed by atoms with Gasteiger partial charge in [0.1, 0.15) is 11.4 Å². The molecule has 2 atom stereocenters. The van der Waals surface area contributed by atoms with Crippen LogP contribution >= 0.6 is 0 Å². The summed E-state index contributed by atoms with van der Waals surface area (Å²) in [7, 11) is 0. The number of nitrogens with zero attached hydrogens (tertiary/aromatic N) is 1. The summed E-state index contributed by atoms with van der Waals surface area (Å²) in [4.78, 5) is 0. The number of rotatable bonds is 4. The Balaban J connectivity index is 2.15. The minimum Gasteiger partial charge on any atom is -0.367 e. The van der Waals surface area contributed by atoms with Crippen molar-refractivity contribution in [2.75, 3.05) is 5.32 Å². The number of hydrogen-bond donors (Lipinski definition) is 1. The number of halogens is 1. The molecule has 2 nitrogen and oxygen atoms in total. The summed E-state index contributed by atoms with van der Waals surface area (Å²) in [6, 6.07) is 7.38. The van der Waals surface area contributed by atoms with E-state index in [0.29, 0.717) is 11.8 Å². The quantitative estimate of drug-likeness (QED) is 0.842. The third kappa shape index (κ3) is 4.20. The van der Waals surface area contributed by atoms with Crippen molar-refractivity contribution in [3.05, 3.63) is 29.6 Å². The monoisotopic (exact) mass is 288 g/mol. The summed E-state index contributed by atoms with van der Waals surface area (Å²) < 4.78 is 13.5. The maximum atomic E-state index is 13.5. The van der Waals surface area contributed by atoms with Crippen LogP contribution < -0.4 is 5.32 Å². The van der Waals surface area contributed by atoms with Crippen LogP contribution in [0.25, 0.3) is 0 Å². The lowest BCUT2D eigenvalue weighted by atomic mass is 9.73. The van der Waals surface area contributed by atoms with Crippen molar-refractivity contribution in [3.8, 4) is 6.07 Å². The van der Waals surface area contributed by atoms with E-state index in [1.807, 2.05) is 13.0 Å². The highest BCUT2D eigenvalue weighted by Crippen LogP contribution is 2.37. The molecule has 3 heteroatoms. The normalized spacial score (nSPS) is 25.6. The van der Waals surface area contributed by atoms with Gasteiger partial charge in [-0.05, 0) is 68.2 Å². The zero-order chi connectivity index (χ0) is 15.5. The second-order valence-corrected chi connectivity index (χ2v) is 6.93. The van der Waals surface area contributed by atoms with Gasteiger partial charge in [0.2, 0.25) is 0 Å². The lowest BCUT2D eigenvalue weighted by molar-refractivity contribution is 0.254. The van der Waals surface area contributed by atoms with Gasteiger partial charge in [0.15, 0.2) is 0 Å². The fraction of sp³-hybridized carbons (Fsp3) is 0.611. The molecule has 2 rings (SSSR count). The molecule has 2 unspecified atom stereocenters. The molecule has 0 bridgehead atoms. The van der Waals surface area contributed by atoms with E-state index >= 15 is 0 Å². The number of benzene rings is 1. The van der Waals surface area contributed by atoms with Crippen LogP contribution in [0.4, 0.5) is 10.1 Å². The van der Waals surface area contributed by atoms with Crippen molar-refractivity contribution in [2.45, 2.75) is 58.4 Å². The number of hydrogen-bond acceptors (Lipinski definition) is 2. The Bertz CT molecular complexity index is 512. The van der Waals surface area contributed by atoms with Gasteiger partial charge in [0, 0.05) is 5.69 Å². The smallest absolute Gasteiger partial charge is 0.125 e. The molecule has 1 N–H and O–H groups in total. The van der Waals surface area contributed by atoms with Crippen molar-refractivity contribution in [1.82, 2.24) is 0 Å². The number of nitriles is 1. The standard InChI is InChI=1S/C18H25FN2/c1-13(2)7-15-5-4-6-18(11-15,12-20)21-17-9-14(3)8-16(19)10-17/h8-10,13,15,21H,4-7,11H2,1-3H3. The molecular weight excluding hydrogens is 263 g/mol. The summed E-state index contributed by atoms with van der Waals surface area (Å²) in [5.74, 6) is 0.988. The lowest BCUT2D eigenvalue weighted by Crippen LogP contribution is -2.41. The molecule has 0 aromatic heterocycles. The van der Waals surface area contributed by atoms with Crippen LogP contribution in [-0.4, -0.2) is 5.54 Å². The first kappa shape index (κ1) is 15.8. The van der Waals surface area contributed by atoms with Crippen molar-refractivity contribution in [3.63, 3.8) is 0 Å². The summed E-state index contributed by atoms with van der Waals surface area (Å²) in [6.45, 7) is 6.33. The molecule has 1 aromatic carbocycles. The summed E-state index contributed by atoms with van der Waals surface area (Å²) >= 11 is 0. The Kier molecular flexibility index (Phi) is 4.88. The molecule has 0 saturated heterocycles. The second-order valence-electron chi connectivity index (χ2n) is 6.93. The largest absolute Gasteiger partial charge is 0.367 e. The van der Waals surface area contributed by atoms with Crippen LogP contribution in [0.5, 0.6) is 0 Å². The fourth-order valence-corrected chi connectivity index (χ4v) is 3.59. The van der Waals surface area contributed by atoms with Crippen molar-refractivity contribution >= 4 is 5.69 Å². The molecule has 0 amide bonds. The summed E-state index contributed by atoms with van der Waals surface area (Å²) in [5, 5.41) is 13.0. The molecule has 114 valence electrons. The van der Waals surface area contributed by atoms with E-state index < -0.39 is 5.54 Å². The topological polar surface area (TPSA) is 35.8 Å². The molecule has 0 aliphatic heterocycles. The molecular formula is C18H25FN2. The van der Waals surface area contributed by atoms with Crippen LogP contribution in [0.3, 0.4) is 0 Å². The first-order chi connectivity index (χ1) is 9.92. The Morgan fingerprint density at radius 1 is 1.43 bits per heavy atom. The molecule has 1 aliphatic rings. The van der Waals surface area contributed by atoms with Crippen molar-refractivity contribution < 1.29 is 4.39 Å². The average molecular weight is 288 g/mol. The summed E-state index contributed by atoms with van der Waals surface area (Å²) in [6.07, 6.45) is 5.12. The van der Waals surface area contributed by atoms with Gasteiger partial charge in [-0.25, -0.2) is 4.39 Å². The Labute approximate surface area is 127 Å². The Morgan fingerprint density at radius 2 is 2.19 bits per heavy atom. The molecule has 1 aromatic rings. The van der Waals surface area contributed by atoms with E-state index in [0.717, 1.165) is 36.9 Å². The van der Waals surface area contributed by atoms with Crippen LogP contribution in [0.1, 0.15) is 51.5 Å². The van der Waals surface area contributed by atoms with Gasteiger partial charge in [-0.2, -0.15) is 5.26 Å². The maximum Gasteiger partial charge on any atom is 0.125 e. The maximum absolute atomic E-state index is 13.5. The highest BCUT2D eigenvalue weighted by atomic mass is 19.1. The summed E-state index contributed by atoms with van der Waals surface area (Å²) in [5.41, 5.74) is 1.05. The molecule has 1 aliphatic carbocycles. The van der Waals surface area contributed by atoms with Gasteiger partial charge in [-0.1, -0.05) is 20.3 Å². The Morgan fingerprint density at radius 3 is 2.81 bits per heavy atom. The number of nitrogens with one attached hydrogen (secondary N) is 1. The Hall–Kier alpha value is -1.56. The van der Waals surface area contributed by atoms with Crippen LogP contribution in [-0.2, 0) is 0 Å². The third-order valence-corrected chi connectivity index (χ3v) is 4.30. The molecule has 21 heavy (non-hydrogen) atoms. The van der Waals surface area contributed by atoms with Crippen molar-refractivity contribution in [1.29, 1.82) is 5.26 Å². The fourth-order valence-electron chi connectivity index (χ4n) is 3.59. The number of aryl methyl sites for hydroxylation is 1. The zero-order valence-electron chi connectivity index (χ0n) is 13.2. The van der Waals surface area contributed by atoms with Gasteiger partial charge in [-0.3, -0.25) is 0 Å². The predicted octanol–water partition coefficient (Wildman–Crippen LogP) is 5.04. The van der Waals surface area contributed by atoms with E-state index in [2.05, 4.69) is 25.2 Å². The van der Waals surface area contributed by atoms with Gasteiger partial charge in [-0.15, -0.1) is 0 Å². The van der Waals surface area contributed by atoms with Crippen LogP contribution in [0.2, 0.25) is 0 Å². The zero-order valence-corrected chi connectivity index (χ0v) is 13.2. The van der Waals surface area contributed by atoms with Crippen molar-refractivity contribution in [2.24, 2.45) is 11.8 Å². The van der Waals surface area contributed by atoms with Crippen LogP contribution in [0, 0.1) is 35.9 Å². The number of anilines is 1. The van der Waals surface area contributed by atoms with Gasteiger partial charge in [0.25, 0.3) is 0 Å². The predicted molar refractivity (Wildman–Crippen MR) is 84.5 cm³/mol. The van der Waals surface area contributed by atoms with Gasteiger partial charge >= 0.3 is 0 Å².